The van der Waals surface area contributed by atoms with Gasteiger partial charge in [0.25, 0.3) is 5.91 Å². The molecule has 8 nitrogen and oxygen atoms in total. The van der Waals surface area contributed by atoms with Crippen LogP contribution in [0.25, 0.3) is 0 Å². The average Bonchev–Trinajstić information content (AvgIpc) is 2.74. The molecule has 0 saturated carbocycles. The highest BCUT2D eigenvalue weighted by Crippen LogP contribution is 2.30. The van der Waals surface area contributed by atoms with Gasteiger partial charge in [0.05, 0.1) is 32.6 Å². The smallest absolute Gasteiger partial charge is 0.258 e. The molecule has 0 radical (unpaired) electrons. The monoisotopic (exact) mass is 380 g/mol. The first kappa shape index (κ1) is 19.0. The summed E-state index contributed by atoms with van der Waals surface area (Å²) in [5.74, 6) is 2.01. The Labute approximate surface area is 162 Å². The lowest BCUT2D eigenvalue weighted by Crippen LogP contribution is -2.13. The Morgan fingerprint density at radius 2 is 1.50 bits per heavy atom. The Morgan fingerprint density at radius 3 is 2.11 bits per heavy atom. The summed E-state index contributed by atoms with van der Waals surface area (Å²) < 4.78 is 15.6. The zero-order chi connectivity index (χ0) is 19.9. The predicted molar refractivity (Wildman–Crippen MR) is 106 cm³/mol. The Kier molecular flexibility index (Phi) is 5.91. The van der Waals surface area contributed by atoms with E-state index in [1.54, 1.807) is 63.8 Å². The van der Waals surface area contributed by atoms with E-state index >= 15 is 0 Å². The van der Waals surface area contributed by atoms with Gasteiger partial charge in [-0.15, -0.1) is 0 Å². The SMILES string of the molecule is COc1ccc(NC(=O)c2cnc(Nc3cc(OC)ccc3OC)nc2)cc1. The van der Waals surface area contributed by atoms with Crippen LogP contribution < -0.4 is 24.8 Å². The fourth-order valence-electron chi connectivity index (χ4n) is 2.42. The number of hydrogen-bond acceptors (Lipinski definition) is 7. The molecule has 0 unspecified atom stereocenters. The van der Waals surface area contributed by atoms with Crippen LogP contribution in [0.3, 0.4) is 0 Å². The van der Waals surface area contributed by atoms with Gasteiger partial charge in [0.2, 0.25) is 5.95 Å². The second-order valence-corrected chi connectivity index (χ2v) is 5.67. The zero-order valence-corrected chi connectivity index (χ0v) is 15.7. The predicted octanol–water partition coefficient (Wildman–Crippen LogP) is 3.50. The molecule has 2 N–H and O–H groups in total. The number of ether oxygens (including phenoxy) is 3. The molecule has 3 rings (SSSR count). The molecular weight excluding hydrogens is 360 g/mol. The Hall–Kier alpha value is -3.81. The molecule has 0 aliphatic heterocycles. The molecule has 0 fully saturated rings. The van der Waals surface area contributed by atoms with Crippen LogP contribution in [0, 0.1) is 0 Å². The molecule has 1 amide bonds. The van der Waals surface area contributed by atoms with Crippen molar-refractivity contribution in [2.45, 2.75) is 0 Å². The van der Waals surface area contributed by atoms with E-state index in [4.69, 9.17) is 14.2 Å². The van der Waals surface area contributed by atoms with Crippen LogP contribution in [0.5, 0.6) is 17.2 Å². The number of rotatable bonds is 7. The van der Waals surface area contributed by atoms with E-state index in [1.807, 2.05) is 0 Å². The first-order valence-corrected chi connectivity index (χ1v) is 8.39. The number of benzene rings is 2. The molecule has 144 valence electrons. The molecular formula is C20H20N4O4. The Balaban J connectivity index is 1.70. The molecule has 0 aliphatic carbocycles. The number of nitrogens with zero attached hydrogens (tertiary/aromatic N) is 2. The normalized spacial score (nSPS) is 10.1. The second kappa shape index (κ2) is 8.72. The zero-order valence-electron chi connectivity index (χ0n) is 15.7. The second-order valence-electron chi connectivity index (χ2n) is 5.67. The summed E-state index contributed by atoms with van der Waals surface area (Å²) >= 11 is 0. The molecule has 0 saturated heterocycles. The van der Waals surface area contributed by atoms with E-state index in [1.165, 1.54) is 12.4 Å². The van der Waals surface area contributed by atoms with Crippen molar-refractivity contribution >= 4 is 23.2 Å². The van der Waals surface area contributed by atoms with Gasteiger partial charge in [-0.05, 0) is 36.4 Å². The van der Waals surface area contributed by atoms with Crippen molar-refractivity contribution in [3.63, 3.8) is 0 Å². The van der Waals surface area contributed by atoms with Gasteiger partial charge in [0.15, 0.2) is 0 Å². The number of carbonyl (C=O) groups is 1. The van der Waals surface area contributed by atoms with E-state index in [0.717, 1.165) is 0 Å². The van der Waals surface area contributed by atoms with E-state index in [0.29, 0.717) is 40.1 Å². The summed E-state index contributed by atoms with van der Waals surface area (Å²) in [6.07, 6.45) is 2.89. The van der Waals surface area contributed by atoms with Crippen molar-refractivity contribution in [3.05, 3.63) is 60.4 Å². The summed E-state index contributed by atoms with van der Waals surface area (Å²) in [5.41, 5.74) is 1.63. The van der Waals surface area contributed by atoms with Crippen LogP contribution in [0.1, 0.15) is 10.4 Å². The molecule has 1 heterocycles. The third-order valence-electron chi connectivity index (χ3n) is 3.92. The third kappa shape index (κ3) is 4.47. The number of aromatic nitrogens is 2. The van der Waals surface area contributed by atoms with Crippen molar-refractivity contribution in [1.82, 2.24) is 9.97 Å². The number of methoxy groups -OCH3 is 3. The van der Waals surface area contributed by atoms with Gasteiger partial charge >= 0.3 is 0 Å². The van der Waals surface area contributed by atoms with Gasteiger partial charge in [-0.2, -0.15) is 0 Å². The highest BCUT2D eigenvalue weighted by Gasteiger charge is 2.10. The first-order valence-electron chi connectivity index (χ1n) is 8.39. The Bertz CT molecular complexity index is 943. The van der Waals surface area contributed by atoms with Gasteiger partial charge in [0.1, 0.15) is 17.2 Å². The summed E-state index contributed by atoms with van der Waals surface area (Å²) in [6, 6.07) is 12.4. The van der Waals surface area contributed by atoms with Crippen LogP contribution in [-0.2, 0) is 0 Å². The number of nitrogens with one attached hydrogen (secondary N) is 2. The van der Waals surface area contributed by atoms with Crippen molar-refractivity contribution in [1.29, 1.82) is 0 Å². The average molecular weight is 380 g/mol. The maximum atomic E-state index is 12.3. The van der Waals surface area contributed by atoms with Crippen molar-refractivity contribution < 1.29 is 19.0 Å². The standard InChI is InChI=1S/C20H20N4O4/c1-26-15-6-4-14(5-7-15)23-19(25)13-11-21-20(22-12-13)24-17-10-16(27-2)8-9-18(17)28-3/h4-12H,1-3H3,(H,23,25)(H,21,22,24). The molecule has 1 aromatic heterocycles. The lowest BCUT2D eigenvalue weighted by Gasteiger charge is -2.11. The van der Waals surface area contributed by atoms with E-state index in [9.17, 15) is 4.79 Å². The fraction of sp³-hybridized carbons (Fsp3) is 0.150. The van der Waals surface area contributed by atoms with Gasteiger partial charge in [-0.25, -0.2) is 9.97 Å². The highest BCUT2D eigenvalue weighted by molar-refractivity contribution is 6.03. The maximum absolute atomic E-state index is 12.3. The van der Waals surface area contributed by atoms with E-state index < -0.39 is 0 Å². The van der Waals surface area contributed by atoms with Crippen LogP contribution in [0.4, 0.5) is 17.3 Å². The van der Waals surface area contributed by atoms with Gasteiger partial charge < -0.3 is 24.8 Å². The molecule has 8 heteroatoms. The van der Waals surface area contributed by atoms with E-state index in [-0.39, 0.29) is 5.91 Å². The fourth-order valence-corrected chi connectivity index (χ4v) is 2.42. The highest BCUT2D eigenvalue weighted by atomic mass is 16.5. The van der Waals surface area contributed by atoms with Crippen molar-refractivity contribution in [3.8, 4) is 17.2 Å². The molecule has 3 aromatic rings. The molecule has 28 heavy (non-hydrogen) atoms. The van der Waals surface area contributed by atoms with Crippen LogP contribution in [0.2, 0.25) is 0 Å². The number of hydrogen-bond donors (Lipinski definition) is 2. The van der Waals surface area contributed by atoms with Crippen molar-refractivity contribution in [2.75, 3.05) is 32.0 Å². The summed E-state index contributed by atoms with van der Waals surface area (Å²) in [5, 5.41) is 5.83. The van der Waals surface area contributed by atoms with Gasteiger partial charge in [-0.1, -0.05) is 0 Å². The summed E-state index contributed by atoms with van der Waals surface area (Å²) in [7, 11) is 4.74. The minimum atomic E-state index is -0.310. The quantitative estimate of drug-likeness (QED) is 0.648. The topological polar surface area (TPSA) is 94.6 Å². The summed E-state index contributed by atoms with van der Waals surface area (Å²) in [4.78, 5) is 20.7. The first-order chi connectivity index (χ1) is 13.6. The lowest BCUT2D eigenvalue weighted by molar-refractivity contribution is 0.102. The van der Waals surface area contributed by atoms with Gasteiger partial charge in [0, 0.05) is 24.1 Å². The van der Waals surface area contributed by atoms with Crippen molar-refractivity contribution in [2.24, 2.45) is 0 Å². The van der Waals surface area contributed by atoms with Crippen LogP contribution >= 0.6 is 0 Å². The molecule has 2 aromatic carbocycles. The van der Waals surface area contributed by atoms with E-state index in [2.05, 4.69) is 20.6 Å². The molecule has 0 bridgehead atoms. The Morgan fingerprint density at radius 1 is 0.857 bits per heavy atom. The van der Waals surface area contributed by atoms with Crippen LogP contribution in [-0.4, -0.2) is 37.2 Å². The lowest BCUT2D eigenvalue weighted by atomic mass is 10.2. The summed E-state index contributed by atoms with van der Waals surface area (Å²) in [6.45, 7) is 0. The number of carbonyl (C=O) groups excluding carboxylic acids is 1. The molecule has 0 spiro atoms. The molecule has 0 atom stereocenters. The minimum Gasteiger partial charge on any atom is -0.497 e. The molecule has 0 aliphatic rings. The third-order valence-corrected chi connectivity index (χ3v) is 3.92. The van der Waals surface area contributed by atoms with Gasteiger partial charge in [-0.3, -0.25) is 4.79 Å². The minimum absolute atomic E-state index is 0.310. The number of anilines is 3. The van der Waals surface area contributed by atoms with Crippen LogP contribution in [0.15, 0.2) is 54.9 Å². The largest absolute Gasteiger partial charge is 0.497 e. The maximum Gasteiger partial charge on any atom is 0.258 e. The number of amides is 1.